The number of likely N-dealkylation sites (tertiary alicyclic amines) is 1. The molecule has 112 valence electrons. The highest BCUT2D eigenvalue weighted by Gasteiger charge is 2.18. The number of benzene rings is 1. The van der Waals surface area contributed by atoms with Gasteiger partial charge in [0.05, 0.1) is 0 Å². The molecule has 0 atom stereocenters. The maximum Gasteiger partial charge on any atom is 0.250 e. The van der Waals surface area contributed by atoms with Gasteiger partial charge in [-0.25, -0.2) is 4.39 Å². The second kappa shape index (κ2) is 7.31. The van der Waals surface area contributed by atoms with E-state index in [0.717, 1.165) is 37.4 Å². The van der Waals surface area contributed by atoms with Gasteiger partial charge in [0.25, 0.3) is 0 Å². The lowest BCUT2D eigenvalue weighted by atomic mass is 10.00. The van der Waals surface area contributed by atoms with Crippen molar-refractivity contribution in [1.29, 1.82) is 0 Å². The Morgan fingerprint density at radius 3 is 2.57 bits per heavy atom. The highest BCUT2D eigenvalue weighted by Crippen LogP contribution is 2.15. The molecule has 0 aliphatic carbocycles. The molecule has 0 saturated carbocycles. The van der Waals surface area contributed by atoms with Gasteiger partial charge in [0.2, 0.25) is 5.91 Å². The minimum atomic E-state index is -0.294. The molecule has 5 heteroatoms. The SMILES string of the molecule is CC1CCN(C(=S)NC(=O)/C=C/c2ccc(F)cc2)CC1. The third-order valence-electron chi connectivity index (χ3n) is 3.60. The topological polar surface area (TPSA) is 32.3 Å². The van der Waals surface area contributed by atoms with Gasteiger partial charge in [-0.3, -0.25) is 10.1 Å². The van der Waals surface area contributed by atoms with Crippen molar-refractivity contribution in [2.45, 2.75) is 19.8 Å². The van der Waals surface area contributed by atoms with Gasteiger partial charge in [-0.05, 0) is 54.7 Å². The van der Waals surface area contributed by atoms with Crippen molar-refractivity contribution in [1.82, 2.24) is 10.2 Å². The van der Waals surface area contributed by atoms with Gasteiger partial charge in [-0.2, -0.15) is 0 Å². The fourth-order valence-electron chi connectivity index (χ4n) is 2.18. The van der Waals surface area contributed by atoms with E-state index < -0.39 is 0 Å². The number of amides is 1. The summed E-state index contributed by atoms with van der Waals surface area (Å²) in [5.41, 5.74) is 0.768. The van der Waals surface area contributed by atoms with Crippen molar-refractivity contribution in [2.75, 3.05) is 13.1 Å². The Morgan fingerprint density at radius 2 is 1.95 bits per heavy atom. The first kappa shape index (κ1) is 15.6. The minimum Gasteiger partial charge on any atom is -0.349 e. The molecule has 1 aromatic carbocycles. The number of carbonyl (C=O) groups is 1. The van der Waals surface area contributed by atoms with Gasteiger partial charge >= 0.3 is 0 Å². The summed E-state index contributed by atoms with van der Waals surface area (Å²) in [6.45, 7) is 4.01. The average molecular weight is 306 g/mol. The van der Waals surface area contributed by atoms with E-state index in [1.807, 2.05) is 4.90 Å². The van der Waals surface area contributed by atoms with Crippen molar-refractivity contribution < 1.29 is 9.18 Å². The molecular weight excluding hydrogens is 287 g/mol. The number of nitrogens with zero attached hydrogens (tertiary/aromatic N) is 1. The molecule has 0 radical (unpaired) electrons. The number of thiocarbonyl (C=S) groups is 1. The van der Waals surface area contributed by atoms with Crippen LogP contribution in [-0.4, -0.2) is 29.0 Å². The van der Waals surface area contributed by atoms with E-state index in [-0.39, 0.29) is 11.7 Å². The largest absolute Gasteiger partial charge is 0.349 e. The number of rotatable bonds is 2. The quantitative estimate of drug-likeness (QED) is 0.673. The van der Waals surface area contributed by atoms with Crippen molar-refractivity contribution >= 4 is 29.3 Å². The van der Waals surface area contributed by atoms with Crippen LogP contribution in [0.15, 0.2) is 30.3 Å². The highest BCUT2D eigenvalue weighted by molar-refractivity contribution is 7.80. The molecule has 0 bridgehead atoms. The smallest absolute Gasteiger partial charge is 0.250 e. The zero-order valence-corrected chi connectivity index (χ0v) is 12.8. The average Bonchev–Trinajstić information content (AvgIpc) is 2.47. The molecule has 1 amide bonds. The van der Waals surface area contributed by atoms with Crippen LogP contribution < -0.4 is 5.32 Å². The lowest BCUT2D eigenvalue weighted by Gasteiger charge is -2.31. The van der Waals surface area contributed by atoms with Crippen LogP contribution in [0.5, 0.6) is 0 Å². The molecule has 0 unspecified atom stereocenters. The Labute approximate surface area is 129 Å². The Balaban J connectivity index is 1.83. The van der Waals surface area contributed by atoms with Crippen LogP contribution in [-0.2, 0) is 4.79 Å². The third-order valence-corrected chi connectivity index (χ3v) is 3.96. The summed E-state index contributed by atoms with van der Waals surface area (Å²) in [6, 6.07) is 5.95. The minimum absolute atomic E-state index is 0.261. The fourth-order valence-corrected chi connectivity index (χ4v) is 2.47. The molecule has 1 aliphatic rings. The Morgan fingerprint density at radius 1 is 1.33 bits per heavy atom. The van der Waals surface area contributed by atoms with Gasteiger partial charge in [0.1, 0.15) is 5.82 Å². The number of nitrogens with one attached hydrogen (secondary N) is 1. The molecule has 0 spiro atoms. The van der Waals surface area contributed by atoms with Gasteiger partial charge in [0, 0.05) is 19.2 Å². The number of hydrogen-bond acceptors (Lipinski definition) is 2. The molecule has 1 fully saturated rings. The van der Waals surface area contributed by atoms with E-state index in [4.69, 9.17) is 12.2 Å². The lowest BCUT2D eigenvalue weighted by molar-refractivity contribution is -0.115. The molecule has 2 rings (SSSR count). The number of carbonyl (C=O) groups excluding carboxylic acids is 1. The summed E-state index contributed by atoms with van der Waals surface area (Å²) in [7, 11) is 0. The predicted octanol–water partition coefficient (Wildman–Crippen LogP) is 2.97. The summed E-state index contributed by atoms with van der Waals surface area (Å²) in [4.78, 5) is 13.8. The van der Waals surface area contributed by atoms with E-state index in [0.29, 0.717) is 5.11 Å². The first-order valence-electron chi connectivity index (χ1n) is 7.08. The molecule has 3 nitrogen and oxygen atoms in total. The highest BCUT2D eigenvalue weighted by atomic mass is 32.1. The first-order chi connectivity index (χ1) is 10.0. The van der Waals surface area contributed by atoms with Crippen LogP contribution in [0, 0.1) is 11.7 Å². The molecule has 0 aromatic heterocycles. The van der Waals surface area contributed by atoms with Crippen LogP contribution >= 0.6 is 12.2 Å². The van der Waals surface area contributed by atoms with Crippen molar-refractivity contribution in [3.63, 3.8) is 0 Å². The summed E-state index contributed by atoms with van der Waals surface area (Å²) in [5.74, 6) is 0.165. The Hall–Kier alpha value is -1.75. The molecule has 1 aliphatic heterocycles. The zero-order valence-electron chi connectivity index (χ0n) is 12.0. The Bertz CT molecular complexity index is 534. The molecule has 1 N–H and O–H groups in total. The molecule has 1 saturated heterocycles. The van der Waals surface area contributed by atoms with Crippen molar-refractivity contribution in [3.05, 3.63) is 41.7 Å². The second-order valence-electron chi connectivity index (χ2n) is 5.35. The van der Waals surface area contributed by atoms with Crippen LogP contribution in [0.2, 0.25) is 0 Å². The normalized spacial score (nSPS) is 16.2. The Kier molecular flexibility index (Phi) is 5.44. The van der Waals surface area contributed by atoms with E-state index >= 15 is 0 Å². The van der Waals surface area contributed by atoms with Crippen LogP contribution in [0.4, 0.5) is 4.39 Å². The summed E-state index contributed by atoms with van der Waals surface area (Å²) >= 11 is 5.25. The first-order valence-corrected chi connectivity index (χ1v) is 7.49. The van der Waals surface area contributed by atoms with Crippen LogP contribution in [0.3, 0.4) is 0 Å². The van der Waals surface area contributed by atoms with Gasteiger partial charge in [0.15, 0.2) is 5.11 Å². The molecule has 1 heterocycles. The van der Waals surface area contributed by atoms with E-state index in [9.17, 15) is 9.18 Å². The summed E-state index contributed by atoms with van der Waals surface area (Å²) in [5, 5.41) is 3.19. The standard InChI is InChI=1S/C16H19FN2OS/c1-12-8-10-19(11-9-12)16(21)18-15(20)7-4-13-2-5-14(17)6-3-13/h2-7,12H,8-11H2,1H3,(H,18,20,21)/b7-4+. The van der Waals surface area contributed by atoms with Gasteiger partial charge in [-0.1, -0.05) is 19.1 Å². The van der Waals surface area contributed by atoms with E-state index in [1.54, 1.807) is 18.2 Å². The maximum absolute atomic E-state index is 12.8. The number of piperidine rings is 1. The van der Waals surface area contributed by atoms with Crippen molar-refractivity contribution in [3.8, 4) is 0 Å². The monoisotopic (exact) mass is 306 g/mol. The molecular formula is C16H19FN2OS. The maximum atomic E-state index is 12.8. The molecule has 1 aromatic rings. The number of hydrogen-bond donors (Lipinski definition) is 1. The van der Waals surface area contributed by atoms with Crippen LogP contribution in [0.1, 0.15) is 25.3 Å². The van der Waals surface area contributed by atoms with Gasteiger partial charge < -0.3 is 4.90 Å². The van der Waals surface area contributed by atoms with E-state index in [2.05, 4.69) is 12.2 Å². The summed E-state index contributed by atoms with van der Waals surface area (Å²) in [6.07, 6.45) is 5.24. The second-order valence-corrected chi connectivity index (χ2v) is 5.74. The zero-order chi connectivity index (χ0) is 15.2. The third kappa shape index (κ3) is 4.93. The van der Waals surface area contributed by atoms with Crippen LogP contribution in [0.25, 0.3) is 6.08 Å². The number of halogens is 1. The van der Waals surface area contributed by atoms with Gasteiger partial charge in [-0.15, -0.1) is 0 Å². The predicted molar refractivity (Wildman–Crippen MR) is 86.1 cm³/mol. The summed E-state index contributed by atoms with van der Waals surface area (Å²) < 4.78 is 12.8. The van der Waals surface area contributed by atoms with E-state index in [1.165, 1.54) is 18.2 Å². The lowest BCUT2D eigenvalue weighted by Crippen LogP contribution is -2.45. The molecule has 21 heavy (non-hydrogen) atoms. The van der Waals surface area contributed by atoms with Crippen molar-refractivity contribution in [2.24, 2.45) is 5.92 Å². The fraction of sp³-hybridized carbons (Fsp3) is 0.375.